The highest BCUT2D eigenvalue weighted by Gasteiger charge is 2.01. The molecular formula is C18H17Cl2N5. The maximum Gasteiger partial charge on any atom is 0.244 e. The van der Waals surface area contributed by atoms with Crippen LogP contribution in [0.2, 0.25) is 10.0 Å². The van der Waals surface area contributed by atoms with Crippen molar-refractivity contribution >= 4 is 35.0 Å². The zero-order chi connectivity index (χ0) is 17.5. The number of rotatable bonds is 7. The molecule has 5 nitrogen and oxygen atoms in total. The molecule has 7 heteroatoms. The summed E-state index contributed by atoms with van der Waals surface area (Å²) >= 11 is 11.9. The first kappa shape index (κ1) is 17.5. The number of benzene rings is 2. The second-order valence-corrected chi connectivity index (χ2v) is 6.32. The van der Waals surface area contributed by atoms with Crippen molar-refractivity contribution in [2.24, 2.45) is 0 Å². The van der Waals surface area contributed by atoms with Crippen LogP contribution in [0.5, 0.6) is 0 Å². The van der Waals surface area contributed by atoms with Crippen molar-refractivity contribution in [3.05, 3.63) is 75.9 Å². The lowest BCUT2D eigenvalue weighted by Crippen LogP contribution is -2.10. The smallest absolute Gasteiger partial charge is 0.244 e. The molecule has 0 fully saturated rings. The predicted octanol–water partition coefficient (Wildman–Crippen LogP) is 4.45. The number of nitrogens with one attached hydrogen (secondary N) is 2. The van der Waals surface area contributed by atoms with E-state index in [0.29, 0.717) is 24.9 Å². The van der Waals surface area contributed by atoms with E-state index in [1.54, 1.807) is 6.20 Å². The highest BCUT2D eigenvalue weighted by molar-refractivity contribution is 6.30. The van der Waals surface area contributed by atoms with Gasteiger partial charge in [-0.3, -0.25) is 0 Å². The second-order valence-electron chi connectivity index (χ2n) is 5.45. The maximum atomic E-state index is 5.98. The van der Waals surface area contributed by atoms with Crippen molar-refractivity contribution in [2.45, 2.75) is 13.0 Å². The number of halogens is 2. The zero-order valence-electron chi connectivity index (χ0n) is 13.4. The summed E-state index contributed by atoms with van der Waals surface area (Å²) in [6.45, 7) is 1.33. The van der Waals surface area contributed by atoms with Crippen LogP contribution in [-0.2, 0) is 13.0 Å². The van der Waals surface area contributed by atoms with E-state index in [-0.39, 0.29) is 0 Å². The largest absolute Gasteiger partial charge is 0.365 e. The Balaban J connectivity index is 1.51. The Morgan fingerprint density at radius 2 is 1.72 bits per heavy atom. The van der Waals surface area contributed by atoms with Gasteiger partial charge in [-0.25, -0.2) is 0 Å². The van der Waals surface area contributed by atoms with Gasteiger partial charge in [-0.15, -0.1) is 5.10 Å². The molecule has 0 aliphatic heterocycles. The van der Waals surface area contributed by atoms with Gasteiger partial charge in [-0.1, -0.05) is 47.5 Å². The SMILES string of the molecule is Clc1ccc(CNc2cnnc(NCCc3cccc(Cl)c3)n2)cc1. The van der Waals surface area contributed by atoms with E-state index in [1.807, 2.05) is 48.5 Å². The van der Waals surface area contributed by atoms with Gasteiger partial charge < -0.3 is 10.6 Å². The monoisotopic (exact) mass is 373 g/mol. The van der Waals surface area contributed by atoms with Gasteiger partial charge in [0.1, 0.15) is 0 Å². The summed E-state index contributed by atoms with van der Waals surface area (Å²) < 4.78 is 0. The van der Waals surface area contributed by atoms with Crippen LogP contribution in [0.25, 0.3) is 0 Å². The van der Waals surface area contributed by atoms with E-state index in [2.05, 4.69) is 25.8 Å². The minimum absolute atomic E-state index is 0.489. The molecule has 0 aliphatic rings. The number of hydrogen-bond donors (Lipinski definition) is 2. The van der Waals surface area contributed by atoms with Crippen LogP contribution in [-0.4, -0.2) is 21.7 Å². The summed E-state index contributed by atoms with van der Waals surface area (Å²) in [7, 11) is 0. The highest BCUT2D eigenvalue weighted by Crippen LogP contribution is 2.13. The van der Waals surface area contributed by atoms with Gasteiger partial charge in [0.15, 0.2) is 5.82 Å². The van der Waals surface area contributed by atoms with E-state index in [1.165, 1.54) is 0 Å². The van der Waals surface area contributed by atoms with Gasteiger partial charge in [0.2, 0.25) is 5.95 Å². The average molecular weight is 374 g/mol. The summed E-state index contributed by atoms with van der Waals surface area (Å²) in [5.41, 5.74) is 2.27. The predicted molar refractivity (Wildman–Crippen MR) is 102 cm³/mol. The Kier molecular flexibility index (Phi) is 6.04. The van der Waals surface area contributed by atoms with E-state index < -0.39 is 0 Å². The third-order valence-electron chi connectivity index (χ3n) is 3.53. The van der Waals surface area contributed by atoms with Gasteiger partial charge in [0.25, 0.3) is 0 Å². The van der Waals surface area contributed by atoms with Gasteiger partial charge in [-0.05, 0) is 41.8 Å². The lowest BCUT2D eigenvalue weighted by molar-refractivity contribution is 0.921. The molecule has 3 aromatic rings. The van der Waals surface area contributed by atoms with Gasteiger partial charge in [0.05, 0.1) is 6.20 Å². The summed E-state index contributed by atoms with van der Waals surface area (Å²) in [5.74, 6) is 1.15. The van der Waals surface area contributed by atoms with Crippen molar-refractivity contribution in [1.82, 2.24) is 15.2 Å². The fourth-order valence-electron chi connectivity index (χ4n) is 2.27. The average Bonchev–Trinajstić information content (AvgIpc) is 2.62. The standard InChI is InChI=1S/C18H17Cl2N5/c19-15-6-4-14(5-7-15)11-22-17-12-23-25-18(24-17)21-9-8-13-2-1-3-16(20)10-13/h1-7,10,12H,8-9,11H2,(H2,21,22,24,25). The van der Waals surface area contributed by atoms with Gasteiger partial charge in [0, 0.05) is 23.1 Å². The van der Waals surface area contributed by atoms with Gasteiger partial charge >= 0.3 is 0 Å². The lowest BCUT2D eigenvalue weighted by Gasteiger charge is -2.08. The number of anilines is 2. The van der Waals surface area contributed by atoms with Crippen molar-refractivity contribution in [3.63, 3.8) is 0 Å². The molecule has 0 bridgehead atoms. The zero-order valence-corrected chi connectivity index (χ0v) is 14.9. The molecule has 0 radical (unpaired) electrons. The Labute approximate surface area is 156 Å². The molecule has 0 amide bonds. The van der Waals surface area contributed by atoms with Crippen molar-refractivity contribution in [1.29, 1.82) is 0 Å². The third-order valence-corrected chi connectivity index (χ3v) is 4.02. The molecule has 0 saturated carbocycles. The molecule has 128 valence electrons. The van der Waals surface area contributed by atoms with E-state index in [9.17, 15) is 0 Å². The Morgan fingerprint density at radius 1 is 0.880 bits per heavy atom. The number of aromatic nitrogens is 3. The number of hydrogen-bond acceptors (Lipinski definition) is 5. The first-order chi connectivity index (χ1) is 12.2. The molecule has 0 atom stereocenters. The quantitative estimate of drug-likeness (QED) is 0.640. The van der Waals surface area contributed by atoms with Crippen LogP contribution in [0.1, 0.15) is 11.1 Å². The fraction of sp³-hybridized carbons (Fsp3) is 0.167. The Hall–Kier alpha value is -2.37. The molecule has 2 aromatic carbocycles. The topological polar surface area (TPSA) is 62.7 Å². The first-order valence-electron chi connectivity index (χ1n) is 7.85. The van der Waals surface area contributed by atoms with Crippen molar-refractivity contribution in [2.75, 3.05) is 17.2 Å². The molecule has 2 N–H and O–H groups in total. The molecule has 3 rings (SSSR count). The fourth-order valence-corrected chi connectivity index (χ4v) is 2.61. The highest BCUT2D eigenvalue weighted by atomic mass is 35.5. The minimum atomic E-state index is 0.489. The summed E-state index contributed by atoms with van der Waals surface area (Å²) in [5, 5.41) is 15.8. The van der Waals surface area contributed by atoms with Crippen LogP contribution >= 0.6 is 23.2 Å². The summed E-state index contributed by atoms with van der Waals surface area (Å²) in [6, 6.07) is 15.4. The molecule has 0 aliphatic carbocycles. The second kappa shape index (κ2) is 8.65. The summed E-state index contributed by atoms with van der Waals surface area (Å²) in [6.07, 6.45) is 2.42. The van der Waals surface area contributed by atoms with Crippen LogP contribution in [0.4, 0.5) is 11.8 Å². The van der Waals surface area contributed by atoms with E-state index >= 15 is 0 Å². The van der Waals surface area contributed by atoms with Crippen LogP contribution in [0, 0.1) is 0 Å². The minimum Gasteiger partial charge on any atom is -0.365 e. The Morgan fingerprint density at radius 3 is 2.52 bits per heavy atom. The van der Waals surface area contributed by atoms with Crippen LogP contribution < -0.4 is 10.6 Å². The molecule has 25 heavy (non-hydrogen) atoms. The van der Waals surface area contributed by atoms with Crippen molar-refractivity contribution in [3.8, 4) is 0 Å². The first-order valence-corrected chi connectivity index (χ1v) is 8.61. The van der Waals surface area contributed by atoms with Crippen LogP contribution in [0.15, 0.2) is 54.7 Å². The molecule has 1 heterocycles. The third kappa shape index (κ3) is 5.59. The molecule has 1 aromatic heterocycles. The molecular weight excluding hydrogens is 357 g/mol. The van der Waals surface area contributed by atoms with Crippen molar-refractivity contribution < 1.29 is 0 Å². The molecule has 0 unspecified atom stereocenters. The van der Waals surface area contributed by atoms with Crippen LogP contribution in [0.3, 0.4) is 0 Å². The summed E-state index contributed by atoms with van der Waals surface area (Å²) in [4.78, 5) is 4.41. The van der Waals surface area contributed by atoms with E-state index in [4.69, 9.17) is 23.2 Å². The molecule has 0 spiro atoms. The maximum absolute atomic E-state index is 5.98. The normalized spacial score (nSPS) is 10.5. The number of nitrogens with zero attached hydrogens (tertiary/aromatic N) is 3. The Bertz CT molecular complexity index is 824. The lowest BCUT2D eigenvalue weighted by atomic mass is 10.1. The molecule has 0 saturated heterocycles. The van der Waals surface area contributed by atoms with E-state index in [0.717, 1.165) is 27.6 Å². The van der Waals surface area contributed by atoms with Gasteiger partial charge in [-0.2, -0.15) is 10.1 Å².